The summed E-state index contributed by atoms with van der Waals surface area (Å²) in [4.78, 5) is 14.2. The average molecular weight is 398 g/mol. The lowest BCUT2D eigenvalue weighted by molar-refractivity contribution is -0.122. The minimum Gasteiger partial charge on any atom is -0.496 e. The van der Waals surface area contributed by atoms with Gasteiger partial charge in [-0.3, -0.25) is 9.69 Å². The Labute approximate surface area is 151 Å². The fourth-order valence-corrected chi connectivity index (χ4v) is 3.21. The third kappa shape index (κ3) is 5.49. The molecule has 1 aromatic carbocycles. The summed E-state index contributed by atoms with van der Waals surface area (Å²) in [6.07, 6.45) is 6.40. The molecule has 6 nitrogen and oxygen atoms in total. The molecule has 0 saturated carbocycles. The molecule has 0 aromatic heterocycles. The number of methoxy groups -OCH3 is 2. The van der Waals surface area contributed by atoms with Crippen molar-refractivity contribution in [2.45, 2.75) is 25.7 Å². The molecule has 24 heavy (non-hydrogen) atoms. The molecule has 1 aliphatic rings. The van der Waals surface area contributed by atoms with E-state index < -0.39 is 0 Å². The van der Waals surface area contributed by atoms with Crippen molar-refractivity contribution in [2.24, 2.45) is 5.10 Å². The van der Waals surface area contributed by atoms with Gasteiger partial charge in [-0.25, -0.2) is 5.43 Å². The third-order valence-corrected chi connectivity index (χ3v) is 4.58. The number of nitrogens with one attached hydrogen (secondary N) is 1. The van der Waals surface area contributed by atoms with Gasteiger partial charge in [0.15, 0.2) is 0 Å². The van der Waals surface area contributed by atoms with E-state index in [1.54, 1.807) is 26.5 Å². The van der Waals surface area contributed by atoms with Crippen LogP contribution in [-0.2, 0) is 4.79 Å². The van der Waals surface area contributed by atoms with Crippen molar-refractivity contribution in [2.75, 3.05) is 33.9 Å². The van der Waals surface area contributed by atoms with Gasteiger partial charge >= 0.3 is 0 Å². The van der Waals surface area contributed by atoms with Crippen LogP contribution in [0.2, 0.25) is 0 Å². The number of rotatable bonds is 6. The van der Waals surface area contributed by atoms with Gasteiger partial charge < -0.3 is 9.47 Å². The molecule has 2 rings (SSSR count). The van der Waals surface area contributed by atoms with Crippen molar-refractivity contribution in [1.82, 2.24) is 10.3 Å². The van der Waals surface area contributed by atoms with Gasteiger partial charge in [0.2, 0.25) is 0 Å². The Bertz CT molecular complexity index is 585. The lowest BCUT2D eigenvalue weighted by atomic mass is 10.2. The lowest BCUT2D eigenvalue weighted by Crippen LogP contribution is -2.35. The minimum absolute atomic E-state index is 0.0975. The molecule has 0 spiro atoms. The zero-order valence-electron chi connectivity index (χ0n) is 14.2. The number of hydrogen-bond acceptors (Lipinski definition) is 5. The van der Waals surface area contributed by atoms with Crippen LogP contribution in [0.5, 0.6) is 11.5 Å². The number of benzene rings is 1. The highest BCUT2D eigenvalue weighted by atomic mass is 79.9. The standard InChI is InChI=1S/C17H24BrN3O3/c1-23-15-10-16(24-2)14(18)9-13(15)11-19-20-17(22)12-21-7-5-3-4-6-8-21/h9-11H,3-8,12H2,1-2H3,(H,20,22). The van der Waals surface area contributed by atoms with E-state index in [-0.39, 0.29) is 5.91 Å². The largest absolute Gasteiger partial charge is 0.496 e. The van der Waals surface area contributed by atoms with Gasteiger partial charge in [-0.2, -0.15) is 5.10 Å². The predicted octanol–water partition coefficient (Wildman–Crippen LogP) is 2.79. The van der Waals surface area contributed by atoms with Crippen LogP contribution in [0, 0.1) is 0 Å². The molecule has 1 aliphatic heterocycles. The molecule has 1 N–H and O–H groups in total. The van der Waals surface area contributed by atoms with Gasteiger partial charge in [-0.1, -0.05) is 12.8 Å². The molecule has 7 heteroatoms. The Kier molecular flexibility index (Phi) is 7.52. The van der Waals surface area contributed by atoms with Crippen LogP contribution in [0.1, 0.15) is 31.2 Å². The van der Waals surface area contributed by atoms with Crippen molar-refractivity contribution in [3.05, 3.63) is 22.2 Å². The molecule has 0 bridgehead atoms. The summed E-state index contributed by atoms with van der Waals surface area (Å²) >= 11 is 3.43. The van der Waals surface area contributed by atoms with Crippen molar-refractivity contribution in [1.29, 1.82) is 0 Å². The second-order valence-corrected chi connectivity index (χ2v) is 6.57. The Morgan fingerprint density at radius 3 is 2.50 bits per heavy atom. The number of halogens is 1. The van der Waals surface area contributed by atoms with E-state index >= 15 is 0 Å². The number of likely N-dealkylation sites (tertiary alicyclic amines) is 1. The predicted molar refractivity (Wildman–Crippen MR) is 97.9 cm³/mol. The molecule has 132 valence electrons. The van der Waals surface area contributed by atoms with Crippen LogP contribution >= 0.6 is 15.9 Å². The van der Waals surface area contributed by atoms with Crippen molar-refractivity contribution >= 4 is 28.1 Å². The lowest BCUT2D eigenvalue weighted by Gasteiger charge is -2.17. The molecule has 0 atom stereocenters. The van der Waals surface area contributed by atoms with E-state index in [0.717, 1.165) is 36.0 Å². The molecule has 1 aromatic rings. The molecule has 0 aliphatic carbocycles. The number of ether oxygens (including phenoxy) is 2. The molecular weight excluding hydrogens is 374 g/mol. The van der Waals surface area contributed by atoms with E-state index in [2.05, 4.69) is 31.4 Å². The molecule has 0 unspecified atom stereocenters. The van der Waals surface area contributed by atoms with E-state index in [0.29, 0.717) is 18.0 Å². The second kappa shape index (κ2) is 9.64. The Morgan fingerprint density at radius 1 is 1.21 bits per heavy atom. The maximum absolute atomic E-state index is 12.0. The quantitative estimate of drug-likeness (QED) is 0.591. The molecular formula is C17H24BrN3O3. The molecule has 1 fully saturated rings. The van der Waals surface area contributed by atoms with Gasteiger partial charge in [0.1, 0.15) is 11.5 Å². The van der Waals surface area contributed by atoms with Crippen LogP contribution in [0.3, 0.4) is 0 Å². The number of amides is 1. The first-order valence-electron chi connectivity index (χ1n) is 8.10. The average Bonchev–Trinajstić information content (AvgIpc) is 2.83. The van der Waals surface area contributed by atoms with Crippen LogP contribution in [-0.4, -0.2) is 50.9 Å². The summed E-state index contributed by atoms with van der Waals surface area (Å²) in [6.45, 7) is 2.35. The zero-order chi connectivity index (χ0) is 17.4. The van der Waals surface area contributed by atoms with E-state index in [9.17, 15) is 4.79 Å². The summed E-state index contributed by atoms with van der Waals surface area (Å²) in [7, 11) is 3.17. The van der Waals surface area contributed by atoms with E-state index in [4.69, 9.17) is 9.47 Å². The first kappa shape index (κ1) is 18.7. The summed E-state index contributed by atoms with van der Waals surface area (Å²) in [5, 5.41) is 4.04. The minimum atomic E-state index is -0.0975. The molecule has 1 saturated heterocycles. The molecule has 1 heterocycles. The highest BCUT2D eigenvalue weighted by molar-refractivity contribution is 9.10. The summed E-state index contributed by atoms with van der Waals surface area (Å²) in [6, 6.07) is 3.60. The smallest absolute Gasteiger partial charge is 0.254 e. The zero-order valence-corrected chi connectivity index (χ0v) is 15.8. The summed E-state index contributed by atoms with van der Waals surface area (Å²) in [5.41, 5.74) is 3.34. The Hall–Kier alpha value is -1.60. The highest BCUT2D eigenvalue weighted by Crippen LogP contribution is 2.31. The maximum atomic E-state index is 12.0. The highest BCUT2D eigenvalue weighted by Gasteiger charge is 2.12. The van der Waals surface area contributed by atoms with Gasteiger partial charge in [0.25, 0.3) is 5.91 Å². The van der Waals surface area contributed by atoms with Gasteiger partial charge in [-0.05, 0) is 47.9 Å². The maximum Gasteiger partial charge on any atom is 0.254 e. The van der Waals surface area contributed by atoms with Gasteiger partial charge in [0.05, 0.1) is 31.5 Å². The number of hydrazone groups is 1. The number of carbonyl (C=O) groups excluding carboxylic acids is 1. The number of carbonyl (C=O) groups is 1. The van der Waals surface area contributed by atoms with Crippen molar-refractivity contribution in [3.8, 4) is 11.5 Å². The Balaban J connectivity index is 1.93. The van der Waals surface area contributed by atoms with Crippen LogP contribution in [0.25, 0.3) is 0 Å². The van der Waals surface area contributed by atoms with Crippen molar-refractivity contribution in [3.63, 3.8) is 0 Å². The van der Waals surface area contributed by atoms with Crippen LogP contribution < -0.4 is 14.9 Å². The van der Waals surface area contributed by atoms with Gasteiger partial charge in [0, 0.05) is 11.6 Å². The number of nitrogens with zero attached hydrogens (tertiary/aromatic N) is 2. The van der Waals surface area contributed by atoms with Crippen molar-refractivity contribution < 1.29 is 14.3 Å². The second-order valence-electron chi connectivity index (χ2n) is 5.71. The van der Waals surface area contributed by atoms with E-state index in [1.165, 1.54) is 12.8 Å². The molecule has 0 radical (unpaired) electrons. The Morgan fingerprint density at radius 2 is 1.88 bits per heavy atom. The summed E-state index contributed by atoms with van der Waals surface area (Å²) in [5.74, 6) is 1.20. The summed E-state index contributed by atoms with van der Waals surface area (Å²) < 4.78 is 11.4. The SMILES string of the molecule is COc1cc(OC)c(C=NNC(=O)CN2CCCCCC2)cc1Br. The first-order chi connectivity index (χ1) is 11.6. The topological polar surface area (TPSA) is 63.2 Å². The fourth-order valence-electron chi connectivity index (χ4n) is 2.69. The third-order valence-electron chi connectivity index (χ3n) is 3.96. The first-order valence-corrected chi connectivity index (χ1v) is 8.89. The van der Waals surface area contributed by atoms with Gasteiger partial charge in [-0.15, -0.1) is 0 Å². The normalized spacial score (nSPS) is 16.0. The fraction of sp³-hybridized carbons (Fsp3) is 0.529. The van der Waals surface area contributed by atoms with Crippen LogP contribution in [0.15, 0.2) is 21.7 Å². The van der Waals surface area contributed by atoms with E-state index in [1.807, 2.05) is 6.07 Å². The van der Waals surface area contributed by atoms with Crippen LogP contribution in [0.4, 0.5) is 0 Å². The monoisotopic (exact) mass is 397 g/mol. The number of hydrogen-bond donors (Lipinski definition) is 1. The molecule has 1 amide bonds.